The van der Waals surface area contributed by atoms with Gasteiger partial charge in [0.25, 0.3) is 0 Å². The van der Waals surface area contributed by atoms with Gasteiger partial charge in [-0.2, -0.15) is 0 Å². The van der Waals surface area contributed by atoms with Gasteiger partial charge >= 0.3 is 0 Å². The molecule has 1 aliphatic rings. The smallest absolute Gasteiger partial charge is 0.127 e. The van der Waals surface area contributed by atoms with Gasteiger partial charge in [-0.25, -0.2) is 0 Å². The van der Waals surface area contributed by atoms with Gasteiger partial charge in [-0.1, -0.05) is 59.3 Å². The quantitative estimate of drug-likeness (QED) is 0.452. The van der Waals surface area contributed by atoms with E-state index in [4.69, 9.17) is 0 Å². The van der Waals surface area contributed by atoms with Gasteiger partial charge in [0, 0.05) is 15.2 Å². The number of rotatable bonds is 0. The molecule has 0 aliphatic carbocycles. The Labute approximate surface area is 129 Å². The Morgan fingerprint density at radius 1 is 1.10 bits per heavy atom. The molecule has 0 saturated carbocycles. The minimum Gasteiger partial charge on any atom is -0.127 e. The molecule has 0 aromatic heterocycles. The summed E-state index contributed by atoms with van der Waals surface area (Å²) in [4.78, 5) is 1.42. The minimum absolute atomic E-state index is 0.259. The molecular weight excluding hydrogens is 276 g/mol. The lowest BCUT2D eigenvalue weighted by Gasteiger charge is -2.41. The number of hydrogen-bond acceptors (Lipinski definition) is 1. The fourth-order valence-electron chi connectivity index (χ4n) is 3.00. The second kappa shape index (κ2) is 4.96. The highest BCUT2D eigenvalue weighted by molar-refractivity contribution is 8.00. The summed E-state index contributed by atoms with van der Waals surface area (Å²) in [6, 6.07) is 6.80. The Kier molecular flexibility index (Phi) is 3.90. The van der Waals surface area contributed by atoms with Gasteiger partial charge < -0.3 is 0 Å². The fourth-order valence-corrected chi connectivity index (χ4v) is 5.18. The van der Waals surface area contributed by atoms with Crippen LogP contribution in [0.4, 0.5) is 0 Å². The number of fused-ring (bicyclic) bond motifs is 1. The van der Waals surface area contributed by atoms with Gasteiger partial charge in [0.2, 0.25) is 0 Å². The third-order valence-corrected chi connectivity index (χ3v) is 5.68. The van der Waals surface area contributed by atoms with Gasteiger partial charge in [-0.05, 0) is 29.5 Å². The molecule has 0 bridgehead atoms. The standard InChI is InChI=1S/C18H26SSi/c1-17(2)13-18(3,4)19-16-12-14(8-9-15(16)17)10-11-20(5,6)7/h8-9,12H,13H2,1-7H3. The molecule has 0 amide bonds. The molecule has 1 heterocycles. The highest BCUT2D eigenvalue weighted by Crippen LogP contribution is 2.50. The van der Waals surface area contributed by atoms with Crippen LogP contribution >= 0.6 is 11.8 Å². The highest BCUT2D eigenvalue weighted by atomic mass is 32.2. The molecule has 0 atom stereocenters. The van der Waals surface area contributed by atoms with Crippen molar-refractivity contribution >= 4 is 19.8 Å². The summed E-state index contributed by atoms with van der Waals surface area (Å²) < 4.78 is 0.307. The molecular formula is C18H26SSi. The van der Waals surface area contributed by atoms with Gasteiger partial charge in [-0.15, -0.1) is 17.3 Å². The molecule has 0 radical (unpaired) electrons. The zero-order valence-electron chi connectivity index (χ0n) is 13.8. The van der Waals surface area contributed by atoms with E-state index in [2.05, 4.69) is 77.0 Å². The van der Waals surface area contributed by atoms with Gasteiger partial charge in [-0.3, -0.25) is 0 Å². The first-order valence-electron chi connectivity index (χ1n) is 7.35. The zero-order valence-corrected chi connectivity index (χ0v) is 15.7. The maximum absolute atomic E-state index is 3.47. The second-order valence-corrected chi connectivity index (χ2v) is 14.6. The Morgan fingerprint density at radius 2 is 1.75 bits per heavy atom. The van der Waals surface area contributed by atoms with Crippen LogP contribution in [0.1, 0.15) is 45.2 Å². The summed E-state index contributed by atoms with van der Waals surface area (Å²) in [5.41, 5.74) is 6.38. The Balaban J connectivity index is 2.43. The van der Waals surface area contributed by atoms with E-state index >= 15 is 0 Å². The van der Waals surface area contributed by atoms with Crippen molar-refractivity contribution in [2.75, 3.05) is 0 Å². The second-order valence-electron chi connectivity index (χ2n) is 8.13. The van der Waals surface area contributed by atoms with E-state index in [-0.39, 0.29) is 5.41 Å². The van der Waals surface area contributed by atoms with Gasteiger partial charge in [0.1, 0.15) is 8.07 Å². The summed E-state index contributed by atoms with van der Waals surface area (Å²) in [6.45, 7) is 16.3. The van der Waals surface area contributed by atoms with Crippen molar-refractivity contribution in [1.29, 1.82) is 0 Å². The topological polar surface area (TPSA) is 0 Å². The molecule has 20 heavy (non-hydrogen) atoms. The molecule has 1 aromatic rings. The number of benzene rings is 1. The molecule has 0 fully saturated rings. The van der Waals surface area contributed by atoms with Crippen molar-refractivity contribution < 1.29 is 0 Å². The lowest BCUT2D eigenvalue weighted by Crippen LogP contribution is -2.33. The predicted molar refractivity (Wildman–Crippen MR) is 94.2 cm³/mol. The zero-order chi connectivity index (χ0) is 15.2. The van der Waals surface area contributed by atoms with Crippen LogP contribution < -0.4 is 0 Å². The minimum atomic E-state index is -1.30. The van der Waals surface area contributed by atoms with Crippen molar-refractivity contribution in [3.8, 4) is 11.5 Å². The van der Waals surface area contributed by atoms with Crippen LogP contribution in [0.15, 0.2) is 23.1 Å². The van der Waals surface area contributed by atoms with Crippen LogP contribution in [-0.2, 0) is 5.41 Å². The van der Waals surface area contributed by atoms with Crippen LogP contribution in [0.2, 0.25) is 19.6 Å². The number of thioether (sulfide) groups is 1. The molecule has 108 valence electrons. The van der Waals surface area contributed by atoms with Crippen molar-refractivity contribution in [2.45, 2.75) is 68.8 Å². The monoisotopic (exact) mass is 302 g/mol. The molecule has 2 rings (SSSR count). The van der Waals surface area contributed by atoms with E-state index in [1.54, 1.807) is 0 Å². The average molecular weight is 303 g/mol. The summed E-state index contributed by atoms with van der Waals surface area (Å²) >= 11 is 2.01. The Hall–Kier alpha value is -0.653. The first kappa shape index (κ1) is 15.7. The maximum atomic E-state index is 3.47. The third-order valence-electron chi connectivity index (χ3n) is 3.55. The van der Waals surface area contributed by atoms with Crippen molar-refractivity contribution in [2.24, 2.45) is 0 Å². The van der Waals surface area contributed by atoms with Crippen molar-refractivity contribution in [1.82, 2.24) is 0 Å². The van der Waals surface area contributed by atoms with Gasteiger partial charge in [0.05, 0.1) is 0 Å². The first-order valence-corrected chi connectivity index (χ1v) is 11.7. The fraction of sp³-hybridized carbons (Fsp3) is 0.556. The Morgan fingerprint density at radius 3 is 2.35 bits per heavy atom. The lowest BCUT2D eigenvalue weighted by molar-refractivity contribution is 0.408. The molecule has 0 N–H and O–H groups in total. The van der Waals surface area contributed by atoms with Crippen molar-refractivity contribution in [3.63, 3.8) is 0 Å². The third kappa shape index (κ3) is 3.71. The van der Waals surface area contributed by atoms with E-state index in [0.717, 1.165) is 0 Å². The summed E-state index contributed by atoms with van der Waals surface area (Å²) in [5.74, 6) is 3.39. The summed E-state index contributed by atoms with van der Waals surface area (Å²) in [6.07, 6.45) is 1.22. The molecule has 2 heteroatoms. The molecule has 0 spiro atoms. The largest absolute Gasteiger partial charge is 0.129 e. The van der Waals surface area contributed by atoms with E-state index in [0.29, 0.717) is 4.75 Å². The van der Waals surface area contributed by atoms with E-state index in [9.17, 15) is 0 Å². The summed E-state index contributed by atoms with van der Waals surface area (Å²) in [7, 11) is -1.30. The molecule has 0 unspecified atom stereocenters. The molecule has 1 aliphatic heterocycles. The lowest BCUT2D eigenvalue weighted by atomic mass is 9.77. The van der Waals surface area contributed by atoms with Crippen molar-refractivity contribution in [3.05, 3.63) is 29.3 Å². The summed E-state index contributed by atoms with van der Waals surface area (Å²) in [5, 5.41) is 0. The van der Waals surface area contributed by atoms with Crippen LogP contribution in [0.5, 0.6) is 0 Å². The van der Waals surface area contributed by atoms with E-state index < -0.39 is 8.07 Å². The van der Waals surface area contributed by atoms with E-state index in [1.807, 2.05) is 11.8 Å². The molecule has 0 saturated heterocycles. The van der Waals surface area contributed by atoms with Gasteiger partial charge in [0.15, 0.2) is 0 Å². The number of hydrogen-bond donors (Lipinski definition) is 0. The SMILES string of the molecule is CC1(C)CC(C)(C)c2ccc(C#C[Si](C)(C)C)cc2S1. The first-order chi connectivity index (χ1) is 8.99. The normalized spacial score (nSPS) is 19.8. The predicted octanol–water partition coefficient (Wildman–Crippen LogP) is 5.47. The average Bonchev–Trinajstić information content (AvgIpc) is 2.21. The Bertz CT molecular complexity index is 580. The van der Waals surface area contributed by atoms with Crippen LogP contribution in [0.25, 0.3) is 0 Å². The van der Waals surface area contributed by atoms with Crippen LogP contribution in [0.3, 0.4) is 0 Å². The maximum Gasteiger partial charge on any atom is 0.129 e. The highest BCUT2D eigenvalue weighted by Gasteiger charge is 2.37. The molecule has 1 aromatic carbocycles. The molecule has 0 nitrogen and oxygen atoms in total. The van der Waals surface area contributed by atoms with Crippen LogP contribution in [-0.4, -0.2) is 12.8 Å². The van der Waals surface area contributed by atoms with Crippen LogP contribution in [0, 0.1) is 11.5 Å². The van der Waals surface area contributed by atoms with E-state index in [1.165, 1.54) is 22.4 Å².